The molecule has 19 heavy (non-hydrogen) atoms. The Morgan fingerprint density at radius 1 is 1.21 bits per heavy atom. The topological polar surface area (TPSA) is 93.4 Å². The first kappa shape index (κ1) is 11.2. The van der Waals surface area contributed by atoms with Crippen molar-refractivity contribution in [3.63, 3.8) is 0 Å². The molecular formula is C13H10N6. The van der Waals surface area contributed by atoms with Crippen LogP contribution in [0.1, 0.15) is 11.4 Å². The molecule has 0 saturated heterocycles. The van der Waals surface area contributed by atoms with E-state index in [0.717, 1.165) is 5.69 Å². The summed E-state index contributed by atoms with van der Waals surface area (Å²) in [5, 5.41) is 13.3. The number of aromatic nitrogens is 4. The van der Waals surface area contributed by atoms with Gasteiger partial charge in [-0.3, -0.25) is 0 Å². The summed E-state index contributed by atoms with van der Waals surface area (Å²) in [6.45, 7) is 1.83. The molecule has 0 radical (unpaired) electrons. The van der Waals surface area contributed by atoms with E-state index < -0.39 is 0 Å². The summed E-state index contributed by atoms with van der Waals surface area (Å²) >= 11 is 0. The number of fused-ring (bicyclic) bond motifs is 1. The molecule has 0 aliphatic heterocycles. The number of nitrogen functional groups attached to an aromatic ring is 1. The third kappa shape index (κ3) is 1.68. The van der Waals surface area contributed by atoms with Crippen molar-refractivity contribution in [1.82, 2.24) is 19.7 Å². The first-order valence-electron chi connectivity index (χ1n) is 5.69. The maximum atomic E-state index is 8.93. The van der Waals surface area contributed by atoms with Crippen LogP contribution in [-0.4, -0.2) is 19.7 Å². The lowest BCUT2D eigenvalue weighted by molar-refractivity contribution is 0.878. The van der Waals surface area contributed by atoms with Crippen LogP contribution in [0.5, 0.6) is 0 Å². The second-order valence-corrected chi connectivity index (χ2v) is 4.07. The summed E-state index contributed by atoms with van der Waals surface area (Å²) in [6.07, 6.45) is 0. The Morgan fingerprint density at radius 2 is 1.95 bits per heavy atom. The second kappa shape index (κ2) is 4.07. The standard InChI is InChI=1S/C13H10N6/c1-8-11-13(17-12(15)10(7-14)16-11)19(18-8)9-5-3-2-4-6-9/h2-6H,1H3,(H2,15,17). The molecule has 0 unspecified atom stereocenters. The lowest BCUT2D eigenvalue weighted by atomic mass is 10.3. The predicted octanol–water partition coefficient (Wildman–Crippen LogP) is 1.58. The molecular weight excluding hydrogens is 240 g/mol. The minimum absolute atomic E-state index is 0.118. The first-order chi connectivity index (χ1) is 9.20. The zero-order valence-electron chi connectivity index (χ0n) is 10.2. The molecule has 0 fully saturated rings. The summed E-state index contributed by atoms with van der Waals surface area (Å²) in [7, 11) is 0. The molecule has 0 aliphatic rings. The van der Waals surface area contributed by atoms with Gasteiger partial charge in [-0.05, 0) is 19.1 Å². The Bertz CT molecular complexity index is 797. The van der Waals surface area contributed by atoms with Crippen LogP contribution >= 0.6 is 0 Å². The molecule has 2 N–H and O–H groups in total. The van der Waals surface area contributed by atoms with Crippen molar-refractivity contribution in [1.29, 1.82) is 5.26 Å². The van der Waals surface area contributed by atoms with Gasteiger partial charge >= 0.3 is 0 Å². The summed E-state index contributed by atoms with van der Waals surface area (Å²) in [6, 6.07) is 11.5. The van der Waals surface area contributed by atoms with Gasteiger partial charge in [-0.15, -0.1) is 0 Å². The molecule has 0 bridgehead atoms. The van der Waals surface area contributed by atoms with E-state index in [1.54, 1.807) is 4.68 Å². The molecule has 0 spiro atoms. The van der Waals surface area contributed by atoms with Gasteiger partial charge in [0.25, 0.3) is 0 Å². The molecule has 1 aromatic carbocycles. The van der Waals surface area contributed by atoms with Gasteiger partial charge in [0.2, 0.25) is 0 Å². The Kier molecular flexibility index (Phi) is 2.39. The number of benzene rings is 1. The first-order valence-corrected chi connectivity index (χ1v) is 5.69. The van der Waals surface area contributed by atoms with Crippen molar-refractivity contribution in [3.05, 3.63) is 41.7 Å². The van der Waals surface area contributed by atoms with Crippen LogP contribution in [0, 0.1) is 18.3 Å². The van der Waals surface area contributed by atoms with Crippen molar-refractivity contribution in [2.45, 2.75) is 6.92 Å². The highest BCUT2D eigenvalue weighted by Crippen LogP contribution is 2.20. The minimum atomic E-state index is 0.118. The van der Waals surface area contributed by atoms with E-state index in [2.05, 4.69) is 15.1 Å². The molecule has 3 rings (SSSR count). The number of aryl methyl sites for hydroxylation is 1. The molecule has 3 aromatic rings. The Balaban J connectivity index is 2.35. The van der Waals surface area contributed by atoms with Crippen molar-refractivity contribution in [2.75, 3.05) is 5.73 Å². The number of nitrogens with zero attached hydrogens (tertiary/aromatic N) is 5. The fourth-order valence-electron chi connectivity index (χ4n) is 1.91. The number of para-hydroxylation sites is 1. The monoisotopic (exact) mass is 250 g/mol. The summed E-state index contributed by atoms with van der Waals surface area (Å²) in [4.78, 5) is 8.44. The van der Waals surface area contributed by atoms with E-state index >= 15 is 0 Å². The van der Waals surface area contributed by atoms with E-state index in [-0.39, 0.29) is 11.5 Å². The van der Waals surface area contributed by atoms with Crippen LogP contribution in [0.2, 0.25) is 0 Å². The number of rotatable bonds is 1. The minimum Gasteiger partial charge on any atom is -0.381 e. The molecule has 0 amide bonds. The lowest BCUT2D eigenvalue weighted by Crippen LogP contribution is -2.02. The molecule has 6 nitrogen and oxygen atoms in total. The molecule has 6 heteroatoms. The third-order valence-corrected chi connectivity index (χ3v) is 2.80. The number of nitriles is 1. The molecule has 0 aliphatic carbocycles. The number of hydrogen-bond donors (Lipinski definition) is 1. The van der Waals surface area contributed by atoms with E-state index in [4.69, 9.17) is 11.0 Å². The quantitative estimate of drug-likeness (QED) is 0.707. The molecule has 0 atom stereocenters. The number of nitrogens with two attached hydrogens (primary N) is 1. The normalized spacial score (nSPS) is 10.5. The van der Waals surface area contributed by atoms with Crippen LogP contribution in [0.3, 0.4) is 0 Å². The van der Waals surface area contributed by atoms with Crippen molar-refractivity contribution >= 4 is 17.0 Å². The van der Waals surface area contributed by atoms with Crippen LogP contribution in [0.15, 0.2) is 30.3 Å². The van der Waals surface area contributed by atoms with Gasteiger partial charge in [-0.25, -0.2) is 14.6 Å². The lowest BCUT2D eigenvalue weighted by Gasteiger charge is -2.02. The highest BCUT2D eigenvalue weighted by Gasteiger charge is 2.14. The van der Waals surface area contributed by atoms with Gasteiger partial charge in [0.05, 0.1) is 11.4 Å². The van der Waals surface area contributed by atoms with Gasteiger partial charge in [0.15, 0.2) is 17.2 Å². The second-order valence-electron chi connectivity index (χ2n) is 4.07. The molecule has 0 saturated carbocycles. The van der Waals surface area contributed by atoms with Gasteiger partial charge < -0.3 is 5.73 Å². The zero-order valence-corrected chi connectivity index (χ0v) is 10.2. The van der Waals surface area contributed by atoms with E-state index in [1.165, 1.54) is 0 Å². The van der Waals surface area contributed by atoms with E-state index in [1.807, 2.05) is 43.3 Å². The average Bonchev–Trinajstić information content (AvgIpc) is 2.75. The van der Waals surface area contributed by atoms with Crippen LogP contribution < -0.4 is 5.73 Å². The van der Waals surface area contributed by atoms with E-state index in [0.29, 0.717) is 16.9 Å². The molecule has 2 aromatic heterocycles. The Morgan fingerprint density at radius 3 is 2.63 bits per heavy atom. The van der Waals surface area contributed by atoms with E-state index in [9.17, 15) is 0 Å². The Hall–Kier alpha value is -2.94. The predicted molar refractivity (Wildman–Crippen MR) is 70.5 cm³/mol. The highest BCUT2D eigenvalue weighted by molar-refractivity contribution is 5.77. The SMILES string of the molecule is Cc1nn(-c2ccccc2)c2nc(N)c(C#N)nc12. The zero-order chi connectivity index (χ0) is 13.4. The van der Waals surface area contributed by atoms with Gasteiger partial charge in [0.1, 0.15) is 11.6 Å². The van der Waals surface area contributed by atoms with Crippen molar-refractivity contribution in [3.8, 4) is 11.8 Å². The number of hydrogen-bond acceptors (Lipinski definition) is 5. The summed E-state index contributed by atoms with van der Waals surface area (Å²) in [5.74, 6) is 0.118. The maximum Gasteiger partial charge on any atom is 0.184 e. The largest absolute Gasteiger partial charge is 0.381 e. The Labute approximate surface area is 109 Å². The summed E-state index contributed by atoms with van der Waals surface area (Å²) in [5.41, 5.74) is 8.58. The van der Waals surface area contributed by atoms with Crippen LogP contribution in [-0.2, 0) is 0 Å². The van der Waals surface area contributed by atoms with Crippen molar-refractivity contribution in [2.24, 2.45) is 0 Å². The summed E-state index contributed by atoms with van der Waals surface area (Å²) < 4.78 is 1.68. The van der Waals surface area contributed by atoms with Crippen molar-refractivity contribution < 1.29 is 0 Å². The third-order valence-electron chi connectivity index (χ3n) is 2.80. The van der Waals surface area contributed by atoms with Crippen LogP contribution in [0.4, 0.5) is 5.82 Å². The molecule has 2 heterocycles. The fraction of sp³-hybridized carbons (Fsp3) is 0.0769. The van der Waals surface area contributed by atoms with Gasteiger partial charge in [0, 0.05) is 0 Å². The average molecular weight is 250 g/mol. The molecule has 92 valence electrons. The highest BCUT2D eigenvalue weighted by atomic mass is 15.3. The number of anilines is 1. The smallest absolute Gasteiger partial charge is 0.184 e. The van der Waals surface area contributed by atoms with Gasteiger partial charge in [-0.1, -0.05) is 18.2 Å². The van der Waals surface area contributed by atoms with Crippen LogP contribution in [0.25, 0.3) is 16.9 Å². The fourth-order valence-corrected chi connectivity index (χ4v) is 1.91. The maximum absolute atomic E-state index is 8.93. The van der Waals surface area contributed by atoms with Gasteiger partial charge in [-0.2, -0.15) is 10.4 Å².